The normalized spacial score (nSPS) is 18.9. The molecule has 0 aromatic heterocycles. The minimum absolute atomic E-state index is 0.315. The van der Waals surface area contributed by atoms with E-state index in [4.69, 9.17) is 4.74 Å². The van der Waals surface area contributed by atoms with Crippen LogP contribution in [0, 0.1) is 0 Å². The van der Waals surface area contributed by atoms with Gasteiger partial charge in [0.15, 0.2) is 0 Å². The van der Waals surface area contributed by atoms with E-state index in [-0.39, 0.29) is 5.60 Å². The van der Waals surface area contributed by atoms with Crippen LogP contribution in [0.4, 0.5) is 13.2 Å². The Bertz CT molecular complexity index is 349. The zero-order valence-electron chi connectivity index (χ0n) is 8.27. The Morgan fingerprint density at radius 2 is 1.67 bits per heavy atom. The number of hydrogen-bond acceptors (Lipinski definition) is 1. The van der Waals surface area contributed by atoms with E-state index in [0.29, 0.717) is 0 Å². The van der Waals surface area contributed by atoms with Gasteiger partial charge in [-0.3, -0.25) is 0 Å². The number of hydrogen-bond donors (Lipinski definition) is 0. The van der Waals surface area contributed by atoms with Gasteiger partial charge in [0, 0.05) is 7.11 Å². The van der Waals surface area contributed by atoms with E-state index in [1.54, 1.807) is 7.11 Å². The molecule has 0 aliphatic heterocycles. The van der Waals surface area contributed by atoms with E-state index in [1.807, 2.05) is 0 Å². The highest BCUT2D eigenvalue weighted by Crippen LogP contribution is 2.48. The molecule has 1 aliphatic carbocycles. The summed E-state index contributed by atoms with van der Waals surface area (Å²) in [6.45, 7) is 0. The van der Waals surface area contributed by atoms with Gasteiger partial charge < -0.3 is 4.74 Å². The van der Waals surface area contributed by atoms with Gasteiger partial charge in [0.2, 0.25) is 0 Å². The highest BCUT2D eigenvalue weighted by atomic mass is 19.4. The smallest absolute Gasteiger partial charge is 0.374 e. The lowest BCUT2D eigenvalue weighted by Crippen LogP contribution is -2.10. The molecule has 0 bridgehead atoms. The SMILES string of the molecule is COC1(c2ccc(C(F)(F)F)cc2)CC1. The Balaban J connectivity index is 2.25. The summed E-state index contributed by atoms with van der Waals surface area (Å²) in [6, 6.07) is 5.21. The van der Waals surface area contributed by atoms with E-state index >= 15 is 0 Å². The van der Waals surface area contributed by atoms with Crippen molar-refractivity contribution in [2.75, 3.05) is 7.11 Å². The lowest BCUT2D eigenvalue weighted by molar-refractivity contribution is -0.137. The topological polar surface area (TPSA) is 9.23 Å². The maximum absolute atomic E-state index is 12.3. The summed E-state index contributed by atoms with van der Waals surface area (Å²) in [6.07, 6.45) is -2.49. The van der Waals surface area contributed by atoms with Gasteiger partial charge in [0.25, 0.3) is 0 Å². The van der Waals surface area contributed by atoms with E-state index in [2.05, 4.69) is 0 Å². The summed E-state index contributed by atoms with van der Waals surface area (Å²) < 4.78 is 42.1. The summed E-state index contributed by atoms with van der Waals surface area (Å²) in [5.41, 5.74) is -0.0967. The Kier molecular flexibility index (Phi) is 2.26. The first-order valence-electron chi connectivity index (χ1n) is 4.71. The molecule has 0 atom stereocenters. The van der Waals surface area contributed by atoms with Gasteiger partial charge >= 0.3 is 6.18 Å². The number of halogens is 3. The van der Waals surface area contributed by atoms with Crippen LogP contribution in [0.25, 0.3) is 0 Å². The van der Waals surface area contributed by atoms with Crippen LogP contribution in [0.2, 0.25) is 0 Å². The average molecular weight is 216 g/mol. The first kappa shape index (κ1) is 10.5. The maximum Gasteiger partial charge on any atom is 0.416 e. The summed E-state index contributed by atoms with van der Waals surface area (Å²) in [7, 11) is 1.59. The summed E-state index contributed by atoms with van der Waals surface area (Å²) in [5, 5.41) is 0. The van der Waals surface area contributed by atoms with Gasteiger partial charge in [0.1, 0.15) is 0 Å². The van der Waals surface area contributed by atoms with E-state index in [1.165, 1.54) is 12.1 Å². The number of methoxy groups -OCH3 is 1. The minimum Gasteiger partial charge on any atom is -0.374 e. The number of benzene rings is 1. The van der Waals surface area contributed by atoms with Gasteiger partial charge in [-0.2, -0.15) is 13.2 Å². The van der Waals surface area contributed by atoms with Crippen LogP contribution in [0.15, 0.2) is 24.3 Å². The molecule has 15 heavy (non-hydrogen) atoms. The van der Waals surface area contributed by atoms with E-state index in [9.17, 15) is 13.2 Å². The van der Waals surface area contributed by atoms with Crippen molar-refractivity contribution in [3.63, 3.8) is 0 Å². The van der Waals surface area contributed by atoms with Crippen LogP contribution in [-0.2, 0) is 16.5 Å². The van der Waals surface area contributed by atoms with Crippen molar-refractivity contribution in [3.8, 4) is 0 Å². The fraction of sp³-hybridized carbons (Fsp3) is 0.455. The molecule has 1 saturated carbocycles. The Labute approximate surface area is 85.9 Å². The Morgan fingerprint density at radius 1 is 1.13 bits per heavy atom. The Morgan fingerprint density at radius 3 is 2.00 bits per heavy atom. The van der Waals surface area contributed by atoms with Crippen molar-refractivity contribution in [1.82, 2.24) is 0 Å². The van der Waals surface area contributed by atoms with Crippen LogP contribution >= 0.6 is 0 Å². The van der Waals surface area contributed by atoms with Gasteiger partial charge in [-0.15, -0.1) is 0 Å². The number of ether oxygens (including phenoxy) is 1. The Hall–Kier alpha value is -1.03. The molecule has 82 valence electrons. The van der Waals surface area contributed by atoms with Crippen molar-refractivity contribution in [2.24, 2.45) is 0 Å². The fourth-order valence-corrected chi connectivity index (χ4v) is 1.69. The summed E-state index contributed by atoms with van der Waals surface area (Å²) >= 11 is 0. The summed E-state index contributed by atoms with van der Waals surface area (Å²) in [4.78, 5) is 0. The van der Waals surface area contributed by atoms with Crippen LogP contribution in [0.1, 0.15) is 24.0 Å². The quantitative estimate of drug-likeness (QED) is 0.736. The molecule has 0 amide bonds. The molecule has 1 nitrogen and oxygen atoms in total. The molecule has 0 radical (unpaired) electrons. The van der Waals surface area contributed by atoms with Gasteiger partial charge in [-0.25, -0.2) is 0 Å². The molecule has 0 unspecified atom stereocenters. The molecule has 0 saturated heterocycles. The third-order valence-corrected chi connectivity index (χ3v) is 2.83. The lowest BCUT2D eigenvalue weighted by atomic mass is 10.1. The third kappa shape index (κ3) is 1.86. The summed E-state index contributed by atoms with van der Waals surface area (Å²) in [5.74, 6) is 0. The van der Waals surface area contributed by atoms with Crippen molar-refractivity contribution < 1.29 is 17.9 Å². The van der Waals surface area contributed by atoms with Crippen LogP contribution in [0.3, 0.4) is 0 Å². The molecule has 4 heteroatoms. The molecule has 1 aliphatic rings. The molecule has 2 rings (SSSR count). The molecule has 0 spiro atoms. The molecule has 0 N–H and O–H groups in total. The lowest BCUT2D eigenvalue weighted by Gasteiger charge is -2.14. The van der Waals surface area contributed by atoms with Crippen molar-refractivity contribution >= 4 is 0 Å². The fourth-order valence-electron chi connectivity index (χ4n) is 1.69. The van der Waals surface area contributed by atoms with Gasteiger partial charge in [-0.1, -0.05) is 12.1 Å². The number of alkyl halides is 3. The molecule has 1 aromatic carbocycles. The molecule has 0 heterocycles. The van der Waals surface area contributed by atoms with Crippen molar-refractivity contribution in [2.45, 2.75) is 24.6 Å². The second kappa shape index (κ2) is 3.23. The average Bonchev–Trinajstić information content (AvgIpc) is 2.97. The largest absolute Gasteiger partial charge is 0.416 e. The molecular formula is C11H11F3O. The van der Waals surface area contributed by atoms with Crippen LogP contribution < -0.4 is 0 Å². The second-order valence-electron chi connectivity index (χ2n) is 3.77. The van der Waals surface area contributed by atoms with Crippen LogP contribution in [0.5, 0.6) is 0 Å². The van der Waals surface area contributed by atoms with E-state index < -0.39 is 11.7 Å². The van der Waals surface area contributed by atoms with Gasteiger partial charge in [0.05, 0.1) is 11.2 Å². The third-order valence-electron chi connectivity index (χ3n) is 2.83. The van der Waals surface area contributed by atoms with Crippen molar-refractivity contribution in [1.29, 1.82) is 0 Å². The standard InChI is InChI=1S/C11H11F3O/c1-15-10(6-7-10)8-2-4-9(5-3-8)11(12,13)14/h2-5H,6-7H2,1H3. The number of rotatable bonds is 2. The predicted octanol–water partition coefficient (Wildman–Crippen LogP) is 3.34. The molecular weight excluding hydrogens is 205 g/mol. The highest BCUT2D eigenvalue weighted by molar-refractivity contribution is 5.32. The van der Waals surface area contributed by atoms with E-state index in [0.717, 1.165) is 30.5 Å². The van der Waals surface area contributed by atoms with Crippen LogP contribution in [-0.4, -0.2) is 7.11 Å². The zero-order valence-corrected chi connectivity index (χ0v) is 8.27. The highest BCUT2D eigenvalue weighted by Gasteiger charge is 2.45. The van der Waals surface area contributed by atoms with Gasteiger partial charge in [-0.05, 0) is 30.5 Å². The monoisotopic (exact) mass is 216 g/mol. The predicted molar refractivity (Wildman–Crippen MR) is 49.4 cm³/mol. The second-order valence-corrected chi connectivity index (χ2v) is 3.77. The van der Waals surface area contributed by atoms with Crippen molar-refractivity contribution in [3.05, 3.63) is 35.4 Å². The minimum atomic E-state index is -4.26. The molecule has 1 aromatic rings. The zero-order chi connectivity index (χ0) is 11.1. The maximum atomic E-state index is 12.3. The molecule has 1 fully saturated rings. The first-order valence-corrected chi connectivity index (χ1v) is 4.71. The first-order chi connectivity index (χ1) is 6.98.